The summed E-state index contributed by atoms with van der Waals surface area (Å²) in [5.74, 6) is -0.868. The Morgan fingerprint density at radius 3 is 2.29 bits per heavy atom. The number of nitrogens with one attached hydrogen (secondary N) is 2. The van der Waals surface area contributed by atoms with Gasteiger partial charge in [0.05, 0.1) is 4.90 Å². The highest BCUT2D eigenvalue weighted by Gasteiger charge is 2.10. The van der Waals surface area contributed by atoms with Crippen molar-refractivity contribution in [2.75, 3.05) is 13.6 Å². The quantitative estimate of drug-likeness (QED) is 0.517. The van der Waals surface area contributed by atoms with Crippen molar-refractivity contribution < 1.29 is 23.1 Å². The van der Waals surface area contributed by atoms with Crippen molar-refractivity contribution in [2.45, 2.75) is 43.4 Å². The molecule has 7 nitrogen and oxygen atoms in total. The van der Waals surface area contributed by atoms with Gasteiger partial charge in [0.15, 0.2) is 0 Å². The summed E-state index contributed by atoms with van der Waals surface area (Å²) in [7, 11) is -2.08. The van der Waals surface area contributed by atoms with E-state index in [0.717, 1.165) is 18.4 Å². The van der Waals surface area contributed by atoms with Gasteiger partial charge in [-0.1, -0.05) is 18.6 Å². The van der Waals surface area contributed by atoms with Crippen LogP contribution < -0.4 is 10.0 Å². The van der Waals surface area contributed by atoms with E-state index in [9.17, 15) is 18.0 Å². The highest BCUT2D eigenvalue weighted by atomic mass is 32.2. The molecule has 0 saturated carbocycles. The lowest BCUT2D eigenvalue weighted by Crippen LogP contribution is -2.24. The molecule has 1 rings (SSSR count). The Morgan fingerprint density at radius 2 is 1.71 bits per heavy atom. The molecule has 0 unspecified atom stereocenters. The molecule has 24 heavy (non-hydrogen) atoms. The van der Waals surface area contributed by atoms with Crippen LogP contribution in [0, 0.1) is 0 Å². The summed E-state index contributed by atoms with van der Waals surface area (Å²) in [5, 5.41) is 11.3. The molecule has 3 N–H and O–H groups in total. The number of carbonyl (C=O) groups excluding carboxylic acids is 1. The third-order valence-corrected chi connectivity index (χ3v) is 4.96. The van der Waals surface area contributed by atoms with Crippen LogP contribution in [0.3, 0.4) is 0 Å². The molecule has 0 radical (unpaired) electrons. The topological polar surface area (TPSA) is 113 Å². The Balaban J connectivity index is 2.26. The van der Waals surface area contributed by atoms with E-state index in [1.54, 1.807) is 12.1 Å². The fourth-order valence-corrected chi connectivity index (χ4v) is 2.84. The first kappa shape index (κ1) is 20.1. The number of carboxylic acid groups (broad SMARTS) is 1. The Hall–Kier alpha value is -1.93. The van der Waals surface area contributed by atoms with Crippen LogP contribution in [0.4, 0.5) is 0 Å². The number of benzene rings is 1. The van der Waals surface area contributed by atoms with Gasteiger partial charge in [0.2, 0.25) is 15.9 Å². The van der Waals surface area contributed by atoms with Gasteiger partial charge in [-0.05, 0) is 44.0 Å². The maximum atomic E-state index is 11.7. The first-order valence-corrected chi connectivity index (χ1v) is 9.34. The molecule has 0 heterocycles. The number of rotatable bonds is 11. The van der Waals surface area contributed by atoms with E-state index in [2.05, 4.69) is 10.0 Å². The lowest BCUT2D eigenvalue weighted by atomic mass is 10.1. The molecule has 8 heteroatoms. The van der Waals surface area contributed by atoms with Crippen molar-refractivity contribution in [1.29, 1.82) is 0 Å². The van der Waals surface area contributed by atoms with E-state index in [1.807, 2.05) is 0 Å². The lowest BCUT2D eigenvalue weighted by molar-refractivity contribution is -0.137. The number of aryl methyl sites for hydroxylation is 1. The van der Waals surface area contributed by atoms with E-state index in [1.165, 1.54) is 19.2 Å². The van der Waals surface area contributed by atoms with Crippen LogP contribution >= 0.6 is 0 Å². The summed E-state index contributed by atoms with van der Waals surface area (Å²) in [5.41, 5.74) is 0.890. The number of aliphatic carboxylic acids is 1. The number of amides is 1. The maximum absolute atomic E-state index is 11.7. The Labute approximate surface area is 142 Å². The van der Waals surface area contributed by atoms with Crippen LogP contribution in [0.15, 0.2) is 29.2 Å². The molecule has 1 aromatic carbocycles. The van der Waals surface area contributed by atoms with E-state index >= 15 is 0 Å². The molecular weight excluding hydrogens is 332 g/mol. The second-order valence-electron chi connectivity index (χ2n) is 5.41. The summed E-state index contributed by atoms with van der Waals surface area (Å²) in [6, 6.07) is 6.43. The number of hydrogen-bond donors (Lipinski definition) is 3. The fourth-order valence-electron chi connectivity index (χ4n) is 2.11. The molecule has 0 spiro atoms. The molecule has 0 aliphatic heterocycles. The first-order valence-electron chi connectivity index (χ1n) is 7.86. The molecule has 0 bridgehead atoms. The van der Waals surface area contributed by atoms with Gasteiger partial charge in [-0.15, -0.1) is 0 Å². The van der Waals surface area contributed by atoms with Crippen molar-refractivity contribution in [1.82, 2.24) is 10.0 Å². The van der Waals surface area contributed by atoms with Crippen molar-refractivity contribution in [3.8, 4) is 0 Å². The van der Waals surface area contributed by atoms with Gasteiger partial charge in [-0.25, -0.2) is 13.1 Å². The van der Waals surface area contributed by atoms with Crippen LogP contribution in [0.5, 0.6) is 0 Å². The minimum absolute atomic E-state index is 0.0693. The molecule has 0 atom stereocenters. The number of unbranched alkanes of at least 4 members (excludes halogenated alkanes) is 2. The van der Waals surface area contributed by atoms with Crippen LogP contribution in [0.2, 0.25) is 0 Å². The SMILES string of the molecule is CNS(=O)(=O)c1ccc(CCC(=O)NCCCCCC(=O)O)cc1. The predicted molar refractivity (Wildman–Crippen MR) is 90.1 cm³/mol. The average Bonchev–Trinajstić information content (AvgIpc) is 2.56. The minimum Gasteiger partial charge on any atom is -0.481 e. The number of sulfonamides is 1. The zero-order chi connectivity index (χ0) is 18.0. The van der Waals surface area contributed by atoms with E-state index in [-0.39, 0.29) is 17.2 Å². The van der Waals surface area contributed by atoms with Gasteiger partial charge >= 0.3 is 5.97 Å². The van der Waals surface area contributed by atoms with Gasteiger partial charge in [-0.2, -0.15) is 0 Å². The zero-order valence-corrected chi connectivity index (χ0v) is 14.6. The highest BCUT2D eigenvalue weighted by molar-refractivity contribution is 7.89. The van der Waals surface area contributed by atoms with Gasteiger partial charge in [0.25, 0.3) is 0 Å². The van der Waals surface area contributed by atoms with Gasteiger partial charge < -0.3 is 10.4 Å². The van der Waals surface area contributed by atoms with Crippen molar-refractivity contribution in [2.24, 2.45) is 0 Å². The number of carbonyl (C=O) groups is 2. The normalized spacial score (nSPS) is 11.2. The van der Waals surface area contributed by atoms with E-state index in [0.29, 0.717) is 25.8 Å². The monoisotopic (exact) mass is 356 g/mol. The van der Waals surface area contributed by atoms with Gasteiger partial charge in [-0.3, -0.25) is 9.59 Å². The van der Waals surface area contributed by atoms with Gasteiger partial charge in [0.1, 0.15) is 0 Å². The smallest absolute Gasteiger partial charge is 0.303 e. The largest absolute Gasteiger partial charge is 0.481 e. The third kappa shape index (κ3) is 7.56. The van der Waals surface area contributed by atoms with Crippen LogP contribution in [-0.2, 0) is 26.0 Å². The van der Waals surface area contributed by atoms with Crippen LogP contribution in [0.25, 0.3) is 0 Å². The summed E-state index contributed by atoms with van der Waals surface area (Å²) < 4.78 is 25.4. The molecule has 0 aromatic heterocycles. The van der Waals surface area contributed by atoms with Crippen molar-refractivity contribution >= 4 is 21.9 Å². The molecule has 0 fully saturated rings. The zero-order valence-electron chi connectivity index (χ0n) is 13.7. The van der Waals surface area contributed by atoms with Gasteiger partial charge in [0, 0.05) is 19.4 Å². The van der Waals surface area contributed by atoms with Crippen molar-refractivity contribution in [3.63, 3.8) is 0 Å². The first-order chi connectivity index (χ1) is 11.3. The summed E-state index contributed by atoms with van der Waals surface area (Å²) in [6.07, 6.45) is 3.17. The Bertz CT molecular complexity index is 641. The fraction of sp³-hybridized carbons (Fsp3) is 0.500. The minimum atomic E-state index is -3.44. The number of hydrogen-bond acceptors (Lipinski definition) is 4. The highest BCUT2D eigenvalue weighted by Crippen LogP contribution is 2.11. The maximum Gasteiger partial charge on any atom is 0.303 e. The molecule has 1 aromatic rings. The average molecular weight is 356 g/mol. The van der Waals surface area contributed by atoms with Crippen LogP contribution in [0.1, 0.15) is 37.7 Å². The Kier molecular flexibility index (Phi) is 8.42. The lowest BCUT2D eigenvalue weighted by Gasteiger charge is -2.06. The molecule has 134 valence electrons. The third-order valence-electron chi connectivity index (χ3n) is 3.53. The summed E-state index contributed by atoms with van der Waals surface area (Å²) >= 11 is 0. The Morgan fingerprint density at radius 1 is 1.04 bits per heavy atom. The van der Waals surface area contributed by atoms with E-state index in [4.69, 9.17) is 5.11 Å². The molecule has 0 saturated heterocycles. The molecular formula is C16H24N2O5S. The second kappa shape index (κ2) is 10.0. The second-order valence-corrected chi connectivity index (χ2v) is 7.29. The molecule has 0 aliphatic rings. The summed E-state index contributed by atoms with van der Waals surface area (Å²) in [4.78, 5) is 22.3. The van der Waals surface area contributed by atoms with Crippen LogP contribution in [-0.4, -0.2) is 39.0 Å². The number of carboxylic acids is 1. The molecule has 1 amide bonds. The molecule has 0 aliphatic carbocycles. The predicted octanol–water partition coefficient (Wildman–Crippen LogP) is 1.29. The van der Waals surface area contributed by atoms with E-state index < -0.39 is 16.0 Å². The van der Waals surface area contributed by atoms with Crippen molar-refractivity contribution in [3.05, 3.63) is 29.8 Å². The summed E-state index contributed by atoms with van der Waals surface area (Å²) in [6.45, 7) is 0.539. The standard InChI is InChI=1S/C16H24N2O5S/c1-17-24(22,23)14-9-6-13(7-10-14)8-11-15(19)18-12-4-2-3-5-16(20)21/h6-7,9-10,17H,2-5,8,11-12H2,1H3,(H,18,19)(H,20,21).